The molecule has 1 fully saturated rings. The van der Waals surface area contributed by atoms with E-state index in [1.54, 1.807) is 0 Å². The first kappa shape index (κ1) is 17.5. The molecule has 1 saturated heterocycles. The SMILES string of the molecule is O=C(NCc1ccc(N2CCOCC2)cc1)Nc1ccc(F)c(Cl)c1. The summed E-state index contributed by atoms with van der Waals surface area (Å²) in [5.74, 6) is -0.520. The van der Waals surface area contributed by atoms with Crippen molar-refractivity contribution >= 4 is 29.0 Å². The van der Waals surface area contributed by atoms with Crippen molar-refractivity contribution in [3.8, 4) is 0 Å². The number of ether oxygens (including phenoxy) is 1. The molecule has 2 amide bonds. The van der Waals surface area contributed by atoms with Crippen molar-refractivity contribution in [2.45, 2.75) is 6.54 Å². The fourth-order valence-electron chi connectivity index (χ4n) is 2.58. The molecule has 1 aliphatic rings. The van der Waals surface area contributed by atoms with Crippen LogP contribution in [0.5, 0.6) is 0 Å². The van der Waals surface area contributed by atoms with E-state index in [1.165, 1.54) is 18.2 Å². The smallest absolute Gasteiger partial charge is 0.319 e. The van der Waals surface area contributed by atoms with Gasteiger partial charge in [0.15, 0.2) is 0 Å². The predicted octanol–water partition coefficient (Wildman–Crippen LogP) is 3.64. The van der Waals surface area contributed by atoms with Gasteiger partial charge in [0, 0.05) is 31.0 Å². The maximum absolute atomic E-state index is 13.1. The number of benzene rings is 2. The quantitative estimate of drug-likeness (QED) is 0.872. The number of nitrogens with one attached hydrogen (secondary N) is 2. The third-order valence-electron chi connectivity index (χ3n) is 3.94. The van der Waals surface area contributed by atoms with Crippen molar-refractivity contribution < 1.29 is 13.9 Å². The van der Waals surface area contributed by atoms with E-state index in [-0.39, 0.29) is 11.1 Å². The van der Waals surface area contributed by atoms with Gasteiger partial charge in [-0.05, 0) is 35.9 Å². The maximum Gasteiger partial charge on any atom is 0.319 e. The summed E-state index contributed by atoms with van der Waals surface area (Å²) >= 11 is 5.69. The van der Waals surface area contributed by atoms with Crippen LogP contribution in [0, 0.1) is 5.82 Å². The molecule has 132 valence electrons. The second kappa shape index (κ2) is 8.18. The second-order valence-corrected chi connectivity index (χ2v) is 6.11. The minimum atomic E-state index is -0.520. The third kappa shape index (κ3) is 4.84. The normalized spacial score (nSPS) is 14.2. The summed E-state index contributed by atoms with van der Waals surface area (Å²) in [6.07, 6.45) is 0. The van der Waals surface area contributed by atoms with E-state index in [0.717, 1.165) is 37.6 Å². The lowest BCUT2D eigenvalue weighted by atomic mass is 10.2. The molecular weight excluding hydrogens is 345 g/mol. The Morgan fingerprint density at radius 2 is 1.88 bits per heavy atom. The van der Waals surface area contributed by atoms with Gasteiger partial charge < -0.3 is 20.3 Å². The molecule has 1 heterocycles. The average molecular weight is 364 g/mol. The fraction of sp³-hybridized carbons (Fsp3) is 0.278. The Bertz CT molecular complexity index is 734. The Labute approximate surface area is 150 Å². The van der Waals surface area contributed by atoms with Gasteiger partial charge in [0.1, 0.15) is 5.82 Å². The minimum absolute atomic E-state index is 0.0310. The molecule has 0 atom stereocenters. The summed E-state index contributed by atoms with van der Waals surface area (Å²) in [5.41, 5.74) is 2.58. The zero-order valence-electron chi connectivity index (χ0n) is 13.6. The van der Waals surface area contributed by atoms with E-state index >= 15 is 0 Å². The molecular formula is C18H19ClFN3O2. The Morgan fingerprint density at radius 1 is 1.16 bits per heavy atom. The molecule has 0 radical (unpaired) electrons. The molecule has 1 aliphatic heterocycles. The van der Waals surface area contributed by atoms with Crippen LogP contribution in [0.4, 0.5) is 20.6 Å². The number of morpholine rings is 1. The van der Waals surface area contributed by atoms with Gasteiger partial charge in [0.05, 0.1) is 18.2 Å². The Morgan fingerprint density at radius 3 is 2.56 bits per heavy atom. The number of hydrogen-bond donors (Lipinski definition) is 2. The van der Waals surface area contributed by atoms with Crippen LogP contribution in [0.2, 0.25) is 5.02 Å². The monoisotopic (exact) mass is 363 g/mol. The van der Waals surface area contributed by atoms with Gasteiger partial charge in [0.25, 0.3) is 0 Å². The van der Waals surface area contributed by atoms with Gasteiger partial charge in [0.2, 0.25) is 0 Å². The van der Waals surface area contributed by atoms with E-state index in [2.05, 4.69) is 15.5 Å². The lowest BCUT2D eigenvalue weighted by Crippen LogP contribution is -2.36. The molecule has 2 aromatic carbocycles. The first-order valence-electron chi connectivity index (χ1n) is 8.03. The zero-order chi connectivity index (χ0) is 17.6. The number of carbonyl (C=O) groups is 1. The number of nitrogens with zero attached hydrogens (tertiary/aromatic N) is 1. The van der Waals surface area contributed by atoms with Crippen molar-refractivity contribution in [2.75, 3.05) is 36.5 Å². The van der Waals surface area contributed by atoms with Gasteiger partial charge in [-0.15, -0.1) is 0 Å². The Hall–Kier alpha value is -2.31. The van der Waals surface area contributed by atoms with E-state index in [4.69, 9.17) is 16.3 Å². The summed E-state index contributed by atoms with van der Waals surface area (Å²) in [6, 6.07) is 11.7. The predicted molar refractivity (Wildman–Crippen MR) is 96.7 cm³/mol. The minimum Gasteiger partial charge on any atom is -0.378 e. The van der Waals surface area contributed by atoms with Crippen LogP contribution in [-0.4, -0.2) is 32.3 Å². The molecule has 0 spiro atoms. The molecule has 25 heavy (non-hydrogen) atoms. The number of anilines is 2. The summed E-state index contributed by atoms with van der Waals surface area (Å²) in [5, 5.41) is 5.35. The first-order chi connectivity index (χ1) is 12.1. The van der Waals surface area contributed by atoms with Crippen molar-refractivity contribution in [1.29, 1.82) is 0 Å². The highest BCUT2D eigenvalue weighted by atomic mass is 35.5. The lowest BCUT2D eigenvalue weighted by Gasteiger charge is -2.28. The number of amides is 2. The van der Waals surface area contributed by atoms with E-state index in [0.29, 0.717) is 12.2 Å². The van der Waals surface area contributed by atoms with Crippen LogP contribution >= 0.6 is 11.6 Å². The molecule has 7 heteroatoms. The lowest BCUT2D eigenvalue weighted by molar-refractivity contribution is 0.122. The highest BCUT2D eigenvalue weighted by molar-refractivity contribution is 6.31. The van der Waals surface area contributed by atoms with E-state index < -0.39 is 5.82 Å². The number of urea groups is 1. The molecule has 0 unspecified atom stereocenters. The molecule has 2 N–H and O–H groups in total. The number of carbonyl (C=O) groups excluding carboxylic acids is 1. The highest BCUT2D eigenvalue weighted by Gasteiger charge is 2.11. The van der Waals surface area contributed by atoms with Crippen LogP contribution in [0.1, 0.15) is 5.56 Å². The van der Waals surface area contributed by atoms with Gasteiger partial charge >= 0.3 is 6.03 Å². The standard InChI is InChI=1S/C18H19ClFN3O2/c19-16-11-14(3-6-17(16)20)22-18(24)21-12-13-1-4-15(5-2-13)23-7-9-25-10-8-23/h1-6,11H,7-10,12H2,(H2,21,22,24). The van der Waals surface area contributed by atoms with Gasteiger partial charge in [-0.1, -0.05) is 23.7 Å². The molecule has 0 saturated carbocycles. The first-order valence-corrected chi connectivity index (χ1v) is 8.41. The van der Waals surface area contributed by atoms with Crippen molar-refractivity contribution in [3.63, 3.8) is 0 Å². The van der Waals surface area contributed by atoms with Crippen molar-refractivity contribution in [3.05, 3.63) is 58.9 Å². The average Bonchev–Trinajstić information content (AvgIpc) is 2.64. The van der Waals surface area contributed by atoms with Gasteiger partial charge in [-0.2, -0.15) is 0 Å². The Kier molecular flexibility index (Phi) is 5.73. The second-order valence-electron chi connectivity index (χ2n) is 5.70. The topological polar surface area (TPSA) is 53.6 Å². The summed E-state index contributed by atoms with van der Waals surface area (Å²) < 4.78 is 18.4. The van der Waals surface area contributed by atoms with Gasteiger partial charge in [-0.25, -0.2) is 9.18 Å². The molecule has 2 aromatic rings. The number of hydrogen-bond acceptors (Lipinski definition) is 3. The van der Waals surface area contributed by atoms with Crippen LogP contribution in [0.15, 0.2) is 42.5 Å². The van der Waals surface area contributed by atoms with Crippen LogP contribution < -0.4 is 15.5 Å². The molecule has 3 rings (SSSR count). The van der Waals surface area contributed by atoms with Crippen LogP contribution in [-0.2, 0) is 11.3 Å². The summed E-state index contributed by atoms with van der Waals surface area (Å²) in [4.78, 5) is 14.2. The highest BCUT2D eigenvalue weighted by Crippen LogP contribution is 2.19. The van der Waals surface area contributed by atoms with Crippen molar-refractivity contribution in [1.82, 2.24) is 5.32 Å². The van der Waals surface area contributed by atoms with Crippen LogP contribution in [0.25, 0.3) is 0 Å². The largest absolute Gasteiger partial charge is 0.378 e. The van der Waals surface area contributed by atoms with Crippen molar-refractivity contribution in [2.24, 2.45) is 0 Å². The zero-order valence-corrected chi connectivity index (χ0v) is 14.4. The van der Waals surface area contributed by atoms with Gasteiger partial charge in [-0.3, -0.25) is 0 Å². The van der Waals surface area contributed by atoms with E-state index in [1.807, 2.05) is 24.3 Å². The third-order valence-corrected chi connectivity index (χ3v) is 4.23. The molecule has 0 aliphatic carbocycles. The maximum atomic E-state index is 13.1. The summed E-state index contributed by atoms with van der Waals surface area (Å²) in [7, 11) is 0. The fourth-order valence-corrected chi connectivity index (χ4v) is 2.76. The molecule has 5 nitrogen and oxygen atoms in total. The molecule has 0 bridgehead atoms. The van der Waals surface area contributed by atoms with Crippen LogP contribution in [0.3, 0.4) is 0 Å². The summed E-state index contributed by atoms with van der Waals surface area (Å²) in [6.45, 7) is 3.67. The Balaban J connectivity index is 1.50. The number of rotatable bonds is 4. The van der Waals surface area contributed by atoms with E-state index in [9.17, 15) is 9.18 Å². The molecule has 0 aromatic heterocycles. The number of halogens is 2.